The molecule has 2 amide bonds. The van der Waals surface area contributed by atoms with Gasteiger partial charge in [0.25, 0.3) is 0 Å². The summed E-state index contributed by atoms with van der Waals surface area (Å²) in [6.07, 6.45) is 15.0. The molecule has 1 saturated heterocycles. The van der Waals surface area contributed by atoms with Crippen LogP contribution >= 0.6 is 0 Å². The second-order valence-electron chi connectivity index (χ2n) is 14.0. The Morgan fingerprint density at radius 2 is 1.77 bits per heavy atom. The standard InChI is InChI=1S/C37H47N5O5/c1-24-16-29(18-38-35(24)45-2)26-8-6-25(7-9-26)20-41(33-5-3-4-28(17-33)30-19-39-42(21-30)32-12-13-32)36(43)27-10-14-34(15-11-27)47-37(44)40-31-22-46-23-31/h3-5,16-19,21,25-27,31-32,34H,6-15,20,22-23H2,1-2H3,(H,40,44)/t25-,26-,27-,34-. The Kier molecular flexibility index (Phi) is 9.47. The van der Waals surface area contributed by atoms with E-state index in [9.17, 15) is 9.59 Å². The average molecular weight is 642 g/mol. The van der Waals surface area contributed by atoms with Gasteiger partial charge in [0, 0.05) is 41.7 Å². The van der Waals surface area contributed by atoms with E-state index < -0.39 is 0 Å². The smallest absolute Gasteiger partial charge is 0.407 e. The number of hydrogen-bond donors (Lipinski definition) is 1. The van der Waals surface area contributed by atoms with Crippen molar-refractivity contribution in [1.82, 2.24) is 20.1 Å². The van der Waals surface area contributed by atoms with Crippen LogP contribution in [0.25, 0.3) is 11.1 Å². The highest BCUT2D eigenvalue weighted by molar-refractivity contribution is 5.95. The first-order valence-corrected chi connectivity index (χ1v) is 17.4. The molecule has 1 N–H and O–H groups in total. The van der Waals surface area contributed by atoms with Crippen molar-refractivity contribution >= 4 is 17.7 Å². The van der Waals surface area contributed by atoms with Crippen LogP contribution in [0.1, 0.15) is 87.3 Å². The van der Waals surface area contributed by atoms with Crippen molar-refractivity contribution in [2.75, 3.05) is 31.8 Å². The summed E-state index contributed by atoms with van der Waals surface area (Å²) >= 11 is 0. The number of ether oxygens (including phenoxy) is 3. The van der Waals surface area contributed by atoms with E-state index in [2.05, 4.69) is 68.4 Å². The number of nitrogens with zero attached hydrogens (tertiary/aromatic N) is 4. The monoisotopic (exact) mass is 641 g/mol. The Bertz CT molecular complexity index is 1550. The SMILES string of the molecule is COc1ncc([C@H]2CC[C@H](CN(c3cccc(-c4cnn(C5CC5)c4)c3)C(=O)[C@H]3CC[C@H](OC(=O)NC4COC4)CC3)CC2)cc1C. The van der Waals surface area contributed by atoms with Gasteiger partial charge in [-0.2, -0.15) is 5.10 Å². The molecule has 10 nitrogen and oxygen atoms in total. The Hall–Kier alpha value is -3.92. The quantitative estimate of drug-likeness (QED) is 0.266. The van der Waals surface area contributed by atoms with Crippen LogP contribution < -0.4 is 15.0 Å². The van der Waals surface area contributed by atoms with Gasteiger partial charge in [-0.05, 0) is 112 Å². The largest absolute Gasteiger partial charge is 0.481 e. The number of carbonyl (C=O) groups excluding carboxylic acids is 2. The zero-order valence-electron chi connectivity index (χ0n) is 27.6. The molecule has 3 saturated carbocycles. The third kappa shape index (κ3) is 7.48. The van der Waals surface area contributed by atoms with Crippen LogP contribution in [-0.2, 0) is 14.3 Å². The number of carbonyl (C=O) groups is 2. The van der Waals surface area contributed by atoms with E-state index in [0.717, 1.165) is 48.1 Å². The highest BCUT2D eigenvalue weighted by Gasteiger charge is 2.34. The molecular formula is C37H47N5O5. The average Bonchev–Trinajstić information content (AvgIpc) is 3.81. The number of pyridine rings is 1. The molecule has 0 spiro atoms. The van der Waals surface area contributed by atoms with E-state index in [1.54, 1.807) is 7.11 Å². The van der Waals surface area contributed by atoms with E-state index >= 15 is 0 Å². The summed E-state index contributed by atoms with van der Waals surface area (Å²) < 4.78 is 18.3. The lowest BCUT2D eigenvalue weighted by Crippen LogP contribution is -2.49. The normalized spacial score (nSPS) is 24.6. The molecule has 0 bridgehead atoms. The van der Waals surface area contributed by atoms with Crippen LogP contribution in [0.4, 0.5) is 10.5 Å². The number of nitrogens with one attached hydrogen (secondary N) is 1. The molecule has 2 aromatic heterocycles. The molecule has 0 unspecified atom stereocenters. The number of amides is 2. The van der Waals surface area contributed by atoms with Crippen LogP contribution in [0.15, 0.2) is 48.9 Å². The molecule has 47 heavy (non-hydrogen) atoms. The fourth-order valence-corrected chi connectivity index (χ4v) is 7.48. The highest BCUT2D eigenvalue weighted by Crippen LogP contribution is 2.39. The lowest BCUT2D eigenvalue weighted by molar-refractivity contribution is -0.124. The number of aromatic nitrogens is 3. The second kappa shape index (κ2) is 14.1. The van der Waals surface area contributed by atoms with Crippen molar-refractivity contribution in [1.29, 1.82) is 0 Å². The Morgan fingerprint density at radius 1 is 0.979 bits per heavy atom. The number of benzene rings is 1. The topological polar surface area (TPSA) is 108 Å². The zero-order chi connectivity index (χ0) is 32.3. The summed E-state index contributed by atoms with van der Waals surface area (Å²) in [5.74, 6) is 1.67. The molecule has 1 aliphatic heterocycles. The molecule has 1 aromatic carbocycles. The maximum Gasteiger partial charge on any atom is 0.407 e. The van der Waals surface area contributed by atoms with Gasteiger partial charge in [-0.25, -0.2) is 9.78 Å². The lowest BCUT2D eigenvalue weighted by atomic mass is 9.78. The summed E-state index contributed by atoms with van der Waals surface area (Å²) in [5, 5.41) is 7.47. The van der Waals surface area contributed by atoms with Crippen LogP contribution in [0.5, 0.6) is 5.88 Å². The second-order valence-corrected chi connectivity index (χ2v) is 14.0. The van der Waals surface area contributed by atoms with Crippen molar-refractivity contribution in [2.24, 2.45) is 11.8 Å². The van der Waals surface area contributed by atoms with Gasteiger partial charge in [0.2, 0.25) is 11.8 Å². The van der Waals surface area contributed by atoms with Gasteiger partial charge in [0.1, 0.15) is 6.10 Å². The van der Waals surface area contributed by atoms with Crippen LogP contribution in [-0.4, -0.2) is 65.8 Å². The van der Waals surface area contributed by atoms with Crippen molar-refractivity contribution in [2.45, 2.75) is 95.2 Å². The predicted octanol–water partition coefficient (Wildman–Crippen LogP) is 6.59. The molecule has 3 aliphatic carbocycles. The van der Waals surface area contributed by atoms with E-state index in [1.165, 1.54) is 18.4 Å². The third-order valence-electron chi connectivity index (χ3n) is 10.5. The van der Waals surface area contributed by atoms with Gasteiger partial charge in [0.05, 0.1) is 38.6 Å². The van der Waals surface area contributed by atoms with Gasteiger partial charge in [-0.15, -0.1) is 0 Å². The van der Waals surface area contributed by atoms with Gasteiger partial charge < -0.3 is 24.4 Å². The maximum absolute atomic E-state index is 14.4. The van der Waals surface area contributed by atoms with Crippen molar-refractivity contribution in [3.63, 3.8) is 0 Å². The number of methoxy groups -OCH3 is 1. The maximum atomic E-state index is 14.4. The molecule has 250 valence electrons. The Morgan fingerprint density at radius 3 is 2.45 bits per heavy atom. The first kappa shape index (κ1) is 31.7. The molecule has 4 fully saturated rings. The highest BCUT2D eigenvalue weighted by atomic mass is 16.6. The van der Waals surface area contributed by atoms with Gasteiger partial charge in [0.15, 0.2) is 0 Å². The van der Waals surface area contributed by atoms with Crippen LogP contribution in [0.2, 0.25) is 0 Å². The van der Waals surface area contributed by atoms with Gasteiger partial charge >= 0.3 is 6.09 Å². The first-order valence-electron chi connectivity index (χ1n) is 17.4. The summed E-state index contributed by atoms with van der Waals surface area (Å²) in [6.45, 7) is 3.83. The lowest BCUT2D eigenvalue weighted by Gasteiger charge is -2.36. The summed E-state index contributed by atoms with van der Waals surface area (Å²) in [7, 11) is 1.66. The Balaban J connectivity index is 1.03. The number of anilines is 1. The third-order valence-corrected chi connectivity index (χ3v) is 10.5. The van der Waals surface area contributed by atoms with Crippen LogP contribution in [0, 0.1) is 18.8 Å². The predicted molar refractivity (Wildman–Crippen MR) is 178 cm³/mol. The number of aryl methyl sites for hydroxylation is 1. The van der Waals surface area contributed by atoms with E-state index in [0.29, 0.717) is 69.2 Å². The van der Waals surface area contributed by atoms with E-state index in [1.807, 2.05) is 12.4 Å². The zero-order valence-corrected chi connectivity index (χ0v) is 27.6. The van der Waals surface area contributed by atoms with Gasteiger partial charge in [-0.1, -0.05) is 12.1 Å². The van der Waals surface area contributed by atoms with Gasteiger partial charge in [-0.3, -0.25) is 9.48 Å². The minimum Gasteiger partial charge on any atom is -0.481 e. The van der Waals surface area contributed by atoms with Crippen molar-refractivity contribution < 1.29 is 23.8 Å². The number of rotatable bonds is 10. The molecule has 10 heteroatoms. The molecular weight excluding hydrogens is 594 g/mol. The molecule has 0 atom stereocenters. The fourth-order valence-electron chi connectivity index (χ4n) is 7.48. The summed E-state index contributed by atoms with van der Waals surface area (Å²) in [6, 6.07) is 11.2. The summed E-state index contributed by atoms with van der Waals surface area (Å²) in [5.41, 5.74) is 5.46. The Labute approximate surface area is 277 Å². The first-order chi connectivity index (χ1) is 22.9. The molecule has 3 aromatic rings. The fraction of sp³-hybridized carbons (Fsp3) is 0.568. The van der Waals surface area contributed by atoms with Crippen molar-refractivity contribution in [3.8, 4) is 17.0 Å². The molecule has 3 heterocycles. The number of alkyl carbamates (subject to hydrolysis) is 1. The molecule has 7 rings (SSSR count). The van der Waals surface area contributed by atoms with E-state index in [4.69, 9.17) is 14.2 Å². The van der Waals surface area contributed by atoms with E-state index in [-0.39, 0.29) is 30.1 Å². The van der Waals surface area contributed by atoms with Crippen LogP contribution in [0.3, 0.4) is 0 Å². The minimum absolute atomic E-state index is 0.0415. The molecule has 4 aliphatic rings. The summed E-state index contributed by atoms with van der Waals surface area (Å²) in [4.78, 5) is 33.3. The molecule has 0 radical (unpaired) electrons. The van der Waals surface area contributed by atoms with Crippen molar-refractivity contribution in [3.05, 3.63) is 60.0 Å². The minimum atomic E-state index is -0.382. The number of hydrogen-bond acceptors (Lipinski definition) is 7.